The third-order valence-corrected chi connectivity index (χ3v) is 12.6. The van der Waals surface area contributed by atoms with E-state index in [0.29, 0.717) is 79.9 Å². The van der Waals surface area contributed by atoms with Crippen LogP contribution in [0.4, 0.5) is 20.5 Å². The molecule has 2 aromatic heterocycles. The zero-order valence-corrected chi connectivity index (χ0v) is 34.7. The Morgan fingerprint density at radius 2 is 1.81 bits per heavy atom. The van der Waals surface area contributed by atoms with Gasteiger partial charge in [-0.3, -0.25) is 14.4 Å². The molecule has 6 rings (SSSR count). The summed E-state index contributed by atoms with van der Waals surface area (Å²) in [6, 6.07) is 14.1. The molecule has 4 heterocycles. The third kappa shape index (κ3) is 11.8. The van der Waals surface area contributed by atoms with Crippen molar-refractivity contribution in [2.75, 3.05) is 63.2 Å². The molecule has 19 heteroatoms. The lowest BCUT2D eigenvalue weighted by atomic mass is 9.89. The van der Waals surface area contributed by atoms with E-state index in [9.17, 15) is 27.8 Å². The maximum atomic E-state index is 13.7. The summed E-state index contributed by atoms with van der Waals surface area (Å²) >= 11 is 1.60. The van der Waals surface area contributed by atoms with Crippen molar-refractivity contribution in [3.8, 4) is 17.6 Å². The minimum absolute atomic E-state index is 0.0311. The van der Waals surface area contributed by atoms with E-state index in [2.05, 4.69) is 64.9 Å². The van der Waals surface area contributed by atoms with Gasteiger partial charge in [-0.05, 0) is 93.8 Å². The van der Waals surface area contributed by atoms with E-state index < -0.39 is 22.5 Å². The highest BCUT2D eigenvalue weighted by Gasteiger charge is 2.33. The molecular formula is C39H50F2N10O5S2. The number of anilines is 2. The molecule has 0 saturated carbocycles. The molecule has 58 heavy (non-hydrogen) atoms. The van der Waals surface area contributed by atoms with Gasteiger partial charge >= 0.3 is 6.61 Å². The van der Waals surface area contributed by atoms with E-state index in [0.717, 1.165) is 48.9 Å². The number of aldehydes is 1. The van der Waals surface area contributed by atoms with Crippen LogP contribution < -0.4 is 25.4 Å². The molecule has 2 aromatic carbocycles. The molecule has 0 radical (unpaired) electrons. The lowest BCUT2D eigenvalue weighted by molar-refractivity contribution is -0.110. The second kappa shape index (κ2) is 21.2. The smallest absolute Gasteiger partial charge is 0.387 e. The number of piperidine rings is 2. The Kier molecular flexibility index (Phi) is 16.2. The Balaban J connectivity index is 0.000000839. The zero-order chi connectivity index (χ0) is 41.7. The normalized spacial score (nSPS) is 17.0. The first-order valence-corrected chi connectivity index (χ1v) is 21.3. The Bertz CT molecular complexity index is 2030. The number of nitrogens with zero attached hydrogens (tertiary/aromatic N) is 7. The van der Waals surface area contributed by atoms with E-state index in [1.165, 1.54) is 18.0 Å². The second-order valence-electron chi connectivity index (χ2n) is 14.0. The molecule has 4 aromatic rings. The third-order valence-electron chi connectivity index (χ3n) is 10.1. The van der Waals surface area contributed by atoms with Crippen LogP contribution in [0.2, 0.25) is 0 Å². The summed E-state index contributed by atoms with van der Waals surface area (Å²) in [7, 11) is 2.41. The Labute approximate surface area is 343 Å². The molecule has 0 spiro atoms. The number of aryl methyl sites for hydroxylation is 1. The number of carbonyl (C=O) groups is 2. The number of hydrogen-bond acceptors (Lipinski definition) is 13. The van der Waals surface area contributed by atoms with Crippen molar-refractivity contribution >= 4 is 58.1 Å². The number of ether oxygens (including phenoxy) is 2. The summed E-state index contributed by atoms with van der Waals surface area (Å²) < 4.78 is 53.3. The van der Waals surface area contributed by atoms with Crippen LogP contribution in [-0.4, -0.2) is 116 Å². The van der Waals surface area contributed by atoms with Crippen LogP contribution in [0.15, 0.2) is 53.7 Å². The number of thioether (sulfide) groups is 1. The molecule has 312 valence electrons. The fourth-order valence-corrected chi connectivity index (χ4v) is 8.67. The fourth-order valence-electron chi connectivity index (χ4n) is 6.96. The number of aromatic nitrogens is 4. The topological polar surface area (TPSA) is 180 Å². The predicted molar refractivity (Wildman–Crippen MR) is 220 cm³/mol. The molecule has 1 amide bonds. The second-order valence-corrected chi connectivity index (χ2v) is 16.8. The van der Waals surface area contributed by atoms with E-state index in [4.69, 9.17) is 4.74 Å². The molecule has 2 saturated heterocycles. The van der Waals surface area contributed by atoms with Gasteiger partial charge in [0.25, 0.3) is 0 Å². The van der Waals surface area contributed by atoms with Gasteiger partial charge in [0.05, 0.1) is 28.4 Å². The van der Waals surface area contributed by atoms with E-state index in [-0.39, 0.29) is 11.8 Å². The van der Waals surface area contributed by atoms with Crippen LogP contribution >= 0.6 is 11.8 Å². The van der Waals surface area contributed by atoms with Crippen molar-refractivity contribution < 1.29 is 32.1 Å². The number of likely N-dealkylation sites (tertiary alicyclic amines) is 1. The number of rotatable bonds is 17. The van der Waals surface area contributed by atoms with Crippen LogP contribution in [0, 0.1) is 11.3 Å². The Hall–Kier alpha value is -4.90. The van der Waals surface area contributed by atoms with Crippen LogP contribution in [-0.2, 0) is 27.6 Å². The van der Waals surface area contributed by atoms with Gasteiger partial charge in [0.1, 0.15) is 29.1 Å². The van der Waals surface area contributed by atoms with Crippen LogP contribution in [0.3, 0.4) is 0 Å². The van der Waals surface area contributed by atoms with Crippen molar-refractivity contribution in [3.05, 3.63) is 59.9 Å². The molecule has 2 fully saturated rings. The number of carbonyl (C=O) groups excluding carboxylic acids is 2. The van der Waals surface area contributed by atoms with Crippen molar-refractivity contribution in [1.82, 2.24) is 34.3 Å². The SMILES string of the molecule is CNc1nn(C)c2cc(C3CCN(CC(C)(Oc4cc(S(=O)N5CCC(Nc6ncc(OC(F)F)cn6)CC5)ccc4C#N)SC)CC3)ccc12.O=CCCNC=O. The summed E-state index contributed by atoms with van der Waals surface area (Å²) in [5.74, 6) is 1.99. The summed E-state index contributed by atoms with van der Waals surface area (Å²) in [4.78, 5) is 29.5. The van der Waals surface area contributed by atoms with Gasteiger partial charge < -0.3 is 30.2 Å². The molecular weight excluding hydrogens is 791 g/mol. The van der Waals surface area contributed by atoms with Crippen molar-refractivity contribution in [2.24, 2.45) is 7.05 Å². The van der Waals surface area contributed by atoms with Gasteiger partial charge in [-0.15, -0.1) is 11.8 Å². The molecule has 2 atom stereocenters. The minimum Gasteiger partial charge on any atom is -0.474 e. The van der Waals surface area contributed by atoms with Gasteiger partial charge in [-0.1, -0.05) is 6.07 Å². The average Bonchev–Trinajstić information content (AvgIpc) is 3.56. The Morgan fingerprint density at radius 1 is 1.09 bits per heavy atom. The number of hydrogen-bond donors (Lipinski definition) is 3. The number of benzene rings is 2. The van der Waals surface area contributed by atoms with Gasteiger partial charge in [-0.2, -0.15) is 19.1 Å². The molecule has 2 aliphatic rings. The van der Waals surface area contributed by atoms with Gasteiger partial charge in [0.15, 0.2) is 16.5 Å². The van der Waals surface area contributed by atoms with Gasteiger partial charge in [-0.25, -0.2) is 18.5 Å². The van der Waals surface area contributed by atoms with Gasteiger partial charge in [0, 0.05) is 58.1 Å². The highest BCUT2D eigenvalue weighted by Crippen LogP contribution is 2.36. The molecule has 15 nitrogen and oxygen atoms in total. The average molecular weight is 841 g/mol. The van der Waals surface area contributed by atoms with E-state index in [1.807, 2.05) is 36.3 Å². The van der Waals surface area contributed by atoms with Crippen LogP contribution in [0.25, 0.3) is 10.9 Å². The monoisotopic (exact) mass is 840 g/mol. The van der Waals surface area contributed by atoms with Gasteiger partial charge in [0.2, 0.25) is 12.4 Å². The first-order chi connectivity index (χ1) is 28.0. The highest BCUT2D eigenvalue weighted by atomic mass is 32.2. The number of halogens is 2. The highest BCUT2D eigenvalue weighted by molar-refractivity contribution is 7.99. The Morgan fingerprint density at radius 3 is 2.43 bits per heavy atom. The zero-order valence-electron chi connectivity index (χ0n) is 33.0. The largest absolute Gasteiger partial charge is 0.474 e. The lowest BCUT2D eigenvalue weighted by Gasteiger charge is -2.38. The summed E-state index contributed by atoms with van der Waals surface area (Å²) in [5, 5.41) is 24.4. The first-order valence-electron chi connectivity index (χ1n) is 19.0. The maximum Gasteiger partial charge on any atom is 0.387 e. The van der Waals surface area contributed by atoms with Crippen LogP contribution in [0.5, 0.6) is 11.5 Å². The van der Waals surface area contributed by atoms with E-state index >= 15 is 0 Å². The maximum absolute atomic E-state index is 13.7. The molecule has 3 N–H and O–H groups in total. The van der Waals surface area contributed by atoms with Crippen molar-refractivity contribution in [1.29, 1.82) is 5.26 Å². The van der Waals surface area contributed by atoms with Crippen molar-refractivity contribution in [3.63, 3.8) is 0 Å². The predicted octanol–water partition coefficient (Wildman–Crippen LogP) is 5.14. The minimum atomic E-state index is -2.94. The number of nitriles is 1. The molecule has 2 aliphatic heterocycles. The number of amides is 1. The van der Waals surface area contributed by atoms with Crippen LogP contribution in [0.1, 0.15) is 56.1 Å². The summed E-state index contributed by atoms with van der Waals surface area (Å²) in [6.07, 6.45) is 9.58. The number of alkyl halides is 2. The molecule has 0 bridgehead atoms. The molecule has 0 aliphatic carbocycles. The fraction of sp³-hybridized carbons (Fsp3) is 0.487. The summed E-state index contributed by atoms with van der Waals surface area (Å²) in [5.41, 5.74) is 2.86. The molecule has 2 unspecified atom stereocenters. The lowest BCUT2D eigenvalue weighted by Crippen LogP contribution is -2.45. The quantitative estimate of drug-likeness (QED) is 0.0724. The number of fused-ring (bicyclic) bond motifs is 1. The first kappa shape index (κ1) is 44.2. The van der Waals surface area contributed by atoms with E-state index in [1.54, 1.807) is 30.0 Å². The summed E-state index contributed by atoms with van der Waals surface area (Å²) in [6.45, 7) is 3.21. The standard InChI is InChI=1S/C35H43F2N9O3S2.C4H7NO2/c1-35(50-4,22-45-13-9-23(10-14-45)24-6-8-29-30(17-24)44(3)43-32(29)39-2)49-31-18-28(7-5-25(31)19-38)51(47)46-15-11-26(12-16-46)42-34-40-20-27(21-41-34)48-33(36)37;6-3-1-2-5-4-7/h5-8,17-18,20-21,23,26,33H,9-16,22H2,1-4H3,(H,39,43)(H,40,41,42);3-4H,1-2H2,(H,5,7). The number of nitrogens with one attached hydrogen (secondary N) is 3. The van der Waals surface area contributed by atoms with Crippen molar-refractivity contribution in [2.45, 2.75) is 67.4 Å².